The van der Waals surface area contributed by atoms with Gasteiger partial charge in [-0.05, 0) is 19.1 Å². The zero-order valence-electron chi connectivity index (χ0n) is 7.42. The maximum absolute atomic E-state index is 10.6. The standard InChI is InChI=1S/C10H11ClO2/c1-8-2-3-10(13-5-4-11)9(6-8)7-12/h2-3,6-7H,4-5H2,1H3. The van der Waals surface area contributed by atoms with Crippen LogP contribution in [0.5, 0.6) is 5.75 Å². The Kier molecular flexibility index (Phi) is 3.77. The van der Waals surface area contributed by atoms with Crippen LogP contribution in [-0.4, -0.2) is 18.8 Å². The van der Waals surface area contributed by atoms with E-state index in [1.54, 1.807) is 12.1 Å². The first kappa shape index (κ1) is 10.1. The second-order valence-electron chi connectivity index (χ2n) is 2.70. The molecule has 0 N–H and O–H groups in total. The predicted octanol–water partition coefficient (Wildman–Crippen LogP) is 2.43. The van der Waals surface area contributed by atoms with E-state index in [0.29, 0.717) is 23.8 Å². The van der Waals surface area contributed by atoms with Crippen LogP contribution in [0.3, 0.4) is 0 Å². The zero-order valence-corrected chi connectivity index (χ0v) is 8.17. The molecule has 0 spiro atoms. The van der Waals surface area contributed by atoms with Gasteiger partial charge in [0.25, 0.3) is 0 Å². The van der Waals surface area contributed by atoms with Crippen molar-refractivity contribution in [3.63, 3.8) is 0 Å². The minimum atomic E-state index is 0.422. The number of ether oxygens (including phenoxy) is 1. The normalized spacial score (nSPS) is 9.69. The Labute approximate surface area is 82.5 Å². The van der Waals surface area contributed by atoms with Gasteiger partial charge in [0, 0.05) is 0 Å². The Bertz CT molecular complexity index is 297. The quantitative estimate of drug-likeness (QED) is 0.549. The summed E-state index contributed by atoms with van der Waals surface area (Å²) in [6.07, 6.45) is 0.788. The number of aldehydes is 1. The van der Waals surface area contributed by atoms with E-state index in [4.69, 9.17) is 16.3 Å². The summed E-state index contributed by atoms with van der Waals surface area (Å²) in [6.45, 7) is 2.35. The van der Waals surface area contributed by atoms with E-state index in [9.17, 15) is 4.79 Å². The van der Waals surface area contributed by atoms with Gasteiger partial charge in [0.2, 0.25) is 0 Å². The number of alkyl halides is 1. The molecule has 1 aromatic rings. The van der Waals surface area contributed by atoms with Crippen LogP contribution in [0.1, 0.15) is 15.9 Å². The largest absolute Gasteiger partial charge is 0.492 e. The molecule has 0 saturated heterocycles. The topological polar surface area (TPSA) is 26.3 Å². The van der Waals surface area contributed by atoms with E-state index in [2.05, 4.69) is 0 Å². The van der Waals surface area contributed by atoms with Crippen LogP contribution in [0.25, 0.3) is 0 Å². The molecule has 0 atom stereocenters. The molecular formula is C10H11ClO2. The van der Waals surface area contributed by atoms with Crippen molar-refractivity contribution in [2.75, 3.05) is 12.5 Å². The molecule has 13 heavy (non-hydrogen) atoms. The fraction of sp³-hybridized carbons (Fsp3) is 0.300. The lowest BCUT2D eigenvalue weighted by Gasteiger charge is -2.06. The third kappa shape index (κ3) is 2.74. The summed E-state index contributed by atoms with van der Waals surface area (Å²) in [5, 5.41) is 0. The van der Waals surface area contributed by atoms with Crippen molar-refractivity contribution in [3.05, 3.63) is 29.3 Å². The molecule has 0 bridgehead atoms. The van der Waals surface area contributed by atoms with Gasteiger partial charge in [-0.15, -0.1) is 11.6 Å². The third-order valence-electron chi connectivity index (χ3n) is 1.63. The number of rotatable bonds is 4. The number of benzene rings is 1. The van der Waals surface area contributed by atoms with E-state index >= 15 is 0 Å². The van der Waals surface area contributed by atoms with Gasteiger partial charge in [0.1, 0.15) is 12.4 Å². The van der Waals surface area contributed by atoms with Gasteiger partial charge in [-0.2, -0.15) is 0 Å². The molecule has 1 rings (SSSR count). The number of carbonyl (C=O) groups excluding carboxylic acids is 1. The predicted molar refractivity (Wildman–Crippen MR) is 52.8 cm³/mol. The molecule has 2 nitrogen and oxygen atoms in total. The lowest BCUT2D eigenvalue weighted by molar-refractivity contribution is 0.112. The summed E-state index contributed by atoms with van der Waals surface area (Å²) >= 11 is 5.46. The third-order valence-corrected chi connectivity index (χ3v) is 1.78. The lowest BCUT2D eigenvalue weighted by atomic mass is 10.1. The minimum absolute atomic E-state index is 0.422. The van der Waals surface area contributed by atoms with Crippen LogP contribution in [-0.2, 0) is 0 Å². The van der Waals surface area contributed by atoms with Gasteiger partial charge in [-0.25, -0.2) is 0 Å². The summed E-state index contributed by atoms with van der Waals surface area (Å²) in [4.78, 5) is 10.6. The Morgan fingerprint density at radius 1 is 1.54 bits per heavy atom. The number of halogens is 1. The summed E-state index contributed by atoms with van der Waals surface area (Å²) in [5.41, 5.74) is 1.62. The van der Waals surface area contributed by atoms with Gasteiger partial charge < -0.3 is 4.74 Å². The molecule has 0 aliphatic rings. The number of aryl methyl sites for hydroxylation is 1. The molecule has 0 radical (unpaired) electrons. The van der Waals surface area contributed by atoms with Gasteiger partial charge in [0.15, 0.2) is 6.29 Å². The molecule has 0 aliphatic heterocycles. The first-order valence-corrected chi connectivity index (χ1v) is 4.56. The van der Waals surface area contributed by atoms with E-state index < -0.39 is 0 Å². The lowest BCUT2D eigenvalue weighted by Crippen LogP contribution is -2.00. The molecule has 0 aromatic heterocycles. The smallest absolute Gasteiger partial charge is 0.153 e. The molecule has 0 amide bonds. The first-order valence-electron chi connectivity index (χ1n) is 4.02. The Hall–Kier alpha value is -1.02. The molecule has 1 aromatic carbocycles. The summed E-state index contributed by atoms with van der Waals surface area (Å²) in [6, 6.07) is 5.47. The van der Waals surface area contributed by atoms with E-state index in [1.807, 2.05) is 13.0 Å². The molecule has 0 saturated carbocycles. The maximum Gasteiger partial charge on any atom is 0.153 e. The number of hydrogen-bond acceptors (Lipinski definition) is 2. The van der Waals surface area contributed by atoms with Crippen molar-refractivity contribution in [2.45, 2.75) is 6.92 Å². The summed E-state index contributed by atoms with van der Waals surface area (Å²) in [7, 11) is 0. The van der Waals surface area contributed by atoms with E-state index in [0.717, 1.165) is 11.8 Å². The number of hydrogen-bond donors (Lipinski definition) is 0. The van der Waals surface area contributed by atoms with Crippen LogP contribution in [0.2, 0.25) is 0 Å². The highest BCUT2D eigenvalue weighted by Crippen LogP contribution is 2.17. The van der Waals surface area contributed by atoms with E-state index in [1.165, 1.54) is 0 Å². The number of carbonyl (C=O) groups is 1. The molecule has 0 fully saturated rings. The maximum atomic E-state index is 10.6. The van der Waals surface area contributed by atoms with Crippen LogP contribution >= 0.6 is 11.6 Å². The second-order valence-corrected chi connectivity index (χ2v) is 3.07. The van der Waals surface area contributed by atoms with Gasteiger partial charge in [-0.1, -0.05) is 11.6 Å². The highest BCUT2D eigenvalue weighted by molar-refractivity contribution is 6.18. The molecule has 3 heteroatoms. The highest BCUT2D eigenvalue weighted by atomic mass is 35.5. The van der Waals surface area contributed by atoms with Gasteiger partial charge >= 0.3 is 0 Å². The second kappa shape index (κ2) is 4.87. The van der Waals surface area contributed by atoms with Crippen LogP contribution in [0.4, 0.5) is 0 Å². The van der Waals surface area contributed by atoms with Crippen LogP contribution in [0, 0.1) is 6.92 Å². The van der Waals surface area contributed by atoms with Gasteiger partial charge in [0.05, 0.1) is 11.4 Å². The van der Waals surface area contributed by atoms with Crippen molar-refractivity contribution >= 4 is 17.9 Å². The highest BCUT2D eigenvalue weighted by Gasteiger charge is 2.01. The summed E-state index contributed by atoms with van der Waals surface area (Å²) in [5.74, 6) is 1.02. The van der Waals surface area contributed by atoms with Crippen molar-refractivity contribution in [1.29, 1.82) is 0 Å². The average Bonchev–Trinajstić information content (AvgIpc) is 2.16. The molecule has 0 aliphatic carbocycles. The van der Waals surface area contributed by atoms with Crippen molar-refractivity contribution in [1.82, 2.24) is 0 Å². The van der Waals surface area contributed by atoms with E-state index in [-0.39, 0.29) is 0 Å². The summed E-state index contributed by atoms with van der Waals surface area (Å²) < 4.78 is 5.27. The van der Waals surface area contributed by atoms with Gasteiger partial charge in [-0.3, -0.25) is 4.79 Å². The van der Waals surface area contributed by atoms with Crippen molar-refractivity contribution < 1.29 is 9.53 Å². The zero-order chi connectivity index (χ0) is 9.68. The Morgan fingerprint density at radius 2 is 2.31 bits per heavy atom. The monoisotopic (exact) mass is 198 g/mol. The Balaban J connectivity index is 2.86. The fourth-order valence-corrected chi connectivity index (χ4v) is 1.12. The van der Waals surface area contributed by atoms with Crippen molar-refractivity contribution in [2.24, 2.45) is 0 Å². The fourth-order valence-electron chi connectivity index (χ4n) is 1.04. The molecular weight excluding hydrogens is 188 g/mol. The molecule has 0 unspecified atom stereocenters. The molecule has 70 valence electrons. The Morgan fingerprint density at radius 3 is 2.92 bits per heavy atom. The molecule has 0 heterocycles. The average molecular weight is 199 g/mol. The van der Waals surface area contributed by atoms with Crippen LogP contribution < -0.4 is 4.74 Å². The van der Waals surface area contributed by atoms with Crippen molar-refractivity contribution in [3.8, 4) is 5.75 Å². The van der Waals surface area contributed by atoms with Crippen LogP contribution in [0.15, 0.2) is 18.2 Å². The minimum Gasteiger partial charge on any atom is -0.492 e. The SMILES string of the molecule is Cc1ccc(OCCCl)c(C=O)c1. The first-order chi connectivity index (χ1) is 6.27.